The molecule has 1 N–H and O–H groups in total. The van der Waals surface area contributed by atoms with Crippen LogP contribution in [0.25, 0.3) is 5.57 Å². The number of rotatable bonds is 5. The average molecular weight is 394 g/mol. The second-order valence-corrected chi connectivity index (χ2v) is 5.58. The van der Waals surface area contributed by atoms with Gasteiger partial charge >= 0.3 is 5.97 Å². The molecule has 0 aliphatic rings. The van der Waals surface area contributed by atoms with Crippen molar-refractivity contribution in [2.45, 2.75) is 6.92 Å². The van der Waals surface area contributed by atoms with Crippen LogP contribution in [-0.2, 0) is 0 Å². The van der Waals surface area contributed by atoms with Gasteiger partial charge in [0.1, 0.15) is 12.4 Å². The topological polar surface area (TPSA) is 46.5 Å². The quantitative estimate of drug-likeness (QED) is 0.762. The van der Waals surface area contributed by atoms with E-state index in [9.17, 15) is 4.79 Å². The molecule has 0 amide bonds. The molecule has 4 heteroatoms. The number of allylic oxidation sites excluding steroid dienone is 1. The number of benzene rings is 2. The molecule has 0 saturated carbocycles. The van der Waals surface area contributed by atoms with E-state index in [0.29, 0.717) is 12.4 Å². The van der Waals surface area contributed by atoms with Crippen LogP contribution >= 0.6 is 22.6 Å². The van der Waals surface area contributed by atoms with Crippen LogP contribution in [0.5, 0.6) is 5.75 Å². The van der Waals surface area contributed by atoms with Crippen LogP contribution in [0.2, 0.25) is 0 Å². The lowest BCUT2D eigenvalue weighted by Gasteiger charge is -2.11. The Labute approximate surface area is 137 Å². The first-order valence-corrected chi connectivity index (χ1v) is 7.56. The molecule has 0 heterocycles. The Morgan fingerprint density at radius 2 is 1.90 bits per heavy atom. The molecular weight excluding hydrogens is 379 g/mol. The minimum atomic E-state index is -0.933. The highest BCUT2D eigenvalue weighted by Crippen LogP contribution is 2.24. The number of halogens is 1. The van der Waals surface area contributed by atoms with Gasteiger partial charge in [0.15, 0.2) is 0 Å². The molecule has 2 rings (SSSR count). The third-order valence-electron chi connectivity index (χ3n) is 3.06. The number of carboxylic acid groups (broad SMARTS) is 1. The van der Waals surface area contributed by atoms with E-state index in [1.807, 2.05) is 43.3 Å². The Morgan fingerprint density at radius 3 is 2.48 bits per heavy atom. The van der Waals surface area contributed by atoms with Gasteiger partial charge in [-0.05, 0) is 58.9 Å². The molecular formula is C17H15IO3. The second kappa shape index (κ2) is 7.26. The molecule has 2 aromatic rings. The fraction of sp³-hybridized carbons (Fsp3) is 0.118. The van der Waals surface area contributed by atoms with Gasteiger partial charge in [0.25, 0.3) is 0 Å². The van der Waals surface area contributed by atoms with Crippen molar-refractivity contribution in [3.8, 4) is 5.75 Å². The molecule has 21 heavy (non-hydrogen) atoms. The van der Waals surface area contributed by atoms with E-state index in [2.05, 4.69) is 22.6 Å². The van der Waals surface area contributed by atoms with E-state index < -0.39 is 5.97 Å². The van der Waals surface area contributed by atoms with Crippen molar-refractivity contribution in [3.63, 3.8) is 0 Å². The number of carbonyl (C=O) groups is 1. The summed E-state index contributed by atoms with van der Waals surface area (Å²) in [4.78, 5) is 10.9. The van der Waals surface area contributed by atoms with Crippen molar-refractivity contribution in [3.05, 3.63) is 69.3 Å². The van der Waals surface area contributed by atoms with Crippen LogP contribution in [0.3, 0.4) is 0 Å². The van der Waals surface area contributed by atoms with E-state index in [-0.39, 0.29) is 5.56 Å². The van der Waals surface area contributed by atoms with E-state index in [0.717, 1.165) is 14.7 Å². The Kier molecular flexibility index (Phi) is 5.38. The zero-order valence-electron chi connectivity index (χ0n) is 11.5. The van der Waals surface area contributed by atoms with Crippen molar-refractivity contribution in [1.82, 2.24) is 0 Å². The van der Waals surface area contributed by atoms with E-state index in [1.54, 1.807) is 18.2 Å². The van der Waals surface area contributed by atoms with Crippen molar-refractivity contribution in [2.24, 2.45) is 0 Å². The summed E-state index contributed by atoms with van der Waals surface area (Å²) in [5.74, 6) is -0.242. The maximum absolute atomic E-state index is 10.9. The summed E-state index contributed by atoms with van der Waals surface area (Å²) in [5, 5.41) is 8.95. The molecule has 0 fully saturated rings. The highest BCUT2D eigenvalue weighted by Gasteiger charge is 2.08. The Bertz CT molecular complexity index is 663. The zero-order chi connectivity index (χ0) is 15.2. The summed E-state index contributed by atoms with van der Waals surface area (Å²) >= 11 is 2.09. The number of hydrogen-bond acceptors (Lipinski definition) is 2. The van der Waals surface area contributed by atoms with Crippen molar-refractivity contribution in [2.75, 3.05) is 6.61 Å². The molecule has 0 spiro atoms. The van der Waals surface area contributed by atoms with Crippen molar-refractivity contribution >= 4 is 34.1 Å². The second-order valence-electron chi connectivity index (χ2n) is 4.42. The van der Waals surface area contributed by atoms with Crippen LogP contribution in [-0.4, -0.2) is 17.7 Å². The van der Waals surface area contributed by atoms with Gasteiger partial charge in [-0.25, -0.2) is 4.79 Å². The maximum Gasteiger partial charge on any atom is 0.335 e. The third-order valence-corrected chi connectivity index (χ3v) is 3.90. The molecule has 0 saturated heterocycles. The van der Waals surface area contributed by atoms with Crippen molar-refractivity contribution in [1.29, 1.82) is 0 Å². The van der Waals surface area contributed by atoms with Crippen LogP contribution in [0.15, 0.2) is 54.6 Å². The average Bonchev–Trinajstić information content (AvgIpc) is 2.50. The molecule has 108 valence electrons. The fourth-order valence-corrected chi connectivity index (χ4v) is 2.56. The standard InChI is InChI=1S/C17H15IO3/c1-2-12(13-6-4-3-5-7-13)11-21-16-9-8-14(17(19)20)10-15(16)18/h2-10H,11H2,1H3,(H,19,20). The lowest BCUT2D eigenvalue weighted by Crippen LogP contribution is -2.03. The van der Waals surface area contributed by atoms with Gasteiger partial charge in [-0.2, -0.15) is 0 Å². The first kappa shape index (κ1) is 15.6. The molecule has 0 aliphatic carbocycles. The number of hydrogen-bond donors (Lipinski definition) is 1. The van der Waals surface area contributed by atoms with Gasteiger partial charge in [0.2, 0.25) is 0 Å². The molecule has 0 atom stereocenters. The van der Waals surface area contributed by atoms with Gasteiger partial charge in [-0.1, -0.05) is 36.4 Å². The van der Waals surface area contributed by atoms with E-state index in [1.165, 1.54) is 0 Å². The highest BCUT2D eigenvalue weighted by atomic mass is 127. The summed E-state index contributed by atoms with van der Waals surface area (Å²) in [6, 6.07) is 14.9. The number of ether oxygens (including phenoxy) is 1. The minimum absolute atomic E-state index is 0.265. The molecule has 0 unspecified atom stereocenters. The predicted molar refractivity (Wildman–Crippen MR) is 91.7 cm³/mol. The summed E-state index contributed by atoms with van der Waals surface area (Å²) in [7, 11) is 0. The van der Waals surface area contributed by atoms with Crippen LogP contribution in [0.4, 0.5) is 0 Å². The van der Waals surface area contributed by atoms with Crippen LogP contribution in [0, 0.1) is 3.57 Å². The maximum atomic E-state index is 10.9. The minimum Gasteiger partial charge on any atom is -0.488 e. The summed E-state index contributed by atoms with van der Waals surface area (Å²) in [6.45, 7) is 2.42. The number of aromatic carboxylic acids is 1. The first-order chi connectivity index (χ1) is 10.1. The summed E-state index contributed by atoms with van der Waals surface area (Å²) < 4.78 is 6.60. The SMILES string of the molecule is CC=C(COc1ccc(C(=O)O)cc1I)c1ccccc1. The monoisotopic (exact) mass is 394 g/mol. The number of carboxylic acids is 1. The van der Waals surface area contributed by atoms with Gasteiger partial charge in [0, 0.05) is 0 Å². The highest BCUT2D eigenvalue weighted by molar-refractivity contribution is 14.1. The predicted octanol–water partition coefficient (Wildman–Crippen LogP) is 4.47. The van der Waals surface area contributed by atoms with E-state index >= 15 is 0 Å². The first-order valence-electron chi connectivity index (χ1n) is 6.48. The van der Waals surface area contributed by atoms with Gasteiger partial charge < -0.3 is 9.84 Å². The molecule has 0 aromatic heterocycles. The van der Waals surface area contributed by atoms with Crippen molar-refractivity contribution < 1.29 is 14.6 Å². The van der Waals surface area contributed by atoms with Gasteiger partial charge in [-0.3, -0.25) is 0 Å². The lowest BCUT2D eigenvalue weighted by molar-refractivity contribution is 0.0697. The summed E-state index contributed by atoms with van der Waals surface area (Å²) in [6.07, 6.45) is 2.02. The molecule has 0 aliphatic heterocycles. The molecule has 0 bridgehead atoms. The van der Waals surface area contributed by atoms with Gasteiger partial charge in [-0.15, -0.1) is 0 Å². The third kappa shape index (κ3) is 4.07. The van der Waals surface area contributed by atoms with Crippen LogP contribution in [0.1, 0.15) is 22.8 Å². The van der Waals surface area contributed by atoms with E-state index in [4.69, 9.17) is 9.84 Å². The fourth-order valence-electron chi connectivity index (χ4n) is 1.89. The largest absolute Gasteiger partial charge is 0.488 e. The Hall–Kier alpha value is -1.82. The van der Waals surface area contributed by atoms with Crippen LogP contribution < -0.4 is 4.74 Å². The smallest absolute Gasteiger partial charge is 0.335 e. The molecule has 3 nitrogen and oxygen atoms in total. The summed E-state index contributed by atoms with van der Waals surface area (Å²) in [5.41, 5.74) is 2.48. The normalized spacial score (nSPS) is 11.2. The lowest BCUT2D eigenvalue weighted by atomic mass is 10.1. The van der Waals surface area contributed by atoms with Gasteiger partial charge in [0.05, 0.1) is 9.13 Å². The molecule has 0 radical (unpaired) electrons. The zero-order valence-corrected chi connectivity index (χ0v) is 13.7. The molecule has 2 aromatic carbocycles. The Morgan fingerprint density at radius 1 is 1.19 bits per heavy atom. The Balaban J connectivity index is 2.11.